The quantitative estimate of drug-likeness (QED) is 0.470. The molecule has 104 valence electrons. The number of halogens is 1. The number of hydrogen-bond donors (Lipinski definition) is 1. The van der Waals surface area contributed by atoms with Crippen molar-refractivity contribution in [2.75, 3.05) is 6.61 Å². The van der Waals surface area contributed by atoms with Gasteiger partial charge in [0.1, 0.15) is 0 Å². The zero-order valence-electron chi connectivity index (χ0n) is 10.4. The Morgan fingerprint density at radius 2 is 2.16 bits per heavy atom. The summed E-state index contributed by atoms with van der Waals surface area (Å²) in [4.78, 5) is 20.8. The molecule has 1 aromatic rings. The van der Waals surface area contributed by atoms with E-state index in [4.69, 9.17) is 9.84 Å². The number of carboxylic acid groups (broad SMARTS) is 1. The molecule has 1 N–H and O–H groups in total. The van der Waals surface area contributed by atoms with Crippen LogP contribution in [0.2, 0.25) is 0 Å². The molecule has 6 nitrogen and oxygen atoms in total. The van der Waals surface area contributed by atoms with Gasteiger partial charge in [-0.15, -0.1) is 0 Å². The summed E-state index contributed by atoms with van der Waals surface area (Å²) < 4.78 is 6.03. The van der Waals surface area contributed by atoms with E-state index in [0.29, 0.717) is 22.9 Å². The van der Waals surface area contributed by atoms with Crippen molar-refractivity contribution in [3.63, 3.8) is 0 Å². The lowest BCUT2D eigenvalue weighted by Crippen LogP contribution is -2.03. The summed E-state index contributed by atoms with van der Waals surface area (Å²) in [6.45, 7) is 1.99. The maximum absolute atomic E-state index is 10.9. The third-order valence-electron chi connectivity index (χ3n) is 2.45. The fourth-order valence-electron chi connectivity index (χ4n) is 1.59. The van der Waals surface area contributed by atoms with E-state index >= 15 is 0 Å². The number of carboxylic acids is 1. The second-order valence-corrected chi connectivity index (χ2v) is 4.94. The Bertz CT molecular complexity index is 489. The SMILES string of the molecule is Cc1cc(Br)cc([N+](=O)[O-])c1OCCCCC(=O)O. The number of aryl methyl sites for hydroxylation is 1. The highest BCUT2D eigenvalue weighted by atomic mass is 79.9. The molecule has 0 unspecified atom stereocenters. The molecule has 0 saturated heterocycles. The normalized spacial score (nSPS) is 10.2. The van der Waals surface area contributed by atoms with Gasteiger partial charge in [0.25, 0.3) is 0 Å². The molecule has 0 atom stereocenters. The molecule has 0 aliphatic heterocycles. The minimum Gasteiger partial charge on any atom is -0.487 e. The second kappa shape index (κ2) is 7.08. The molecule has 0 bridgehead atoms. The van der Waals surface area contributed by atoms with E-state index < -0.39 is 10.9 Å². The summed E-state index contributed by atoms with van der Waals surface area (Å²) in [5.41, 5.74) is 0.574. The first-order chi connectivity index (χ1) is 8.91. The van der Waals surface area contributed by atoms with Crippen LogP contribution in [-0.4, -0.2) is 22.6 Å². The number of aliphatic carboxylic acids is 1. The average molecular weight is 332 g/mol. The summed E-state index contributed by atoms with van der Waals surface area (Å²) in [5.74, 6) is -0.616. The monoisotopic (exact) mass is 331 g/mol. The Morgan fingerprint density at radius 1 is 1.47 bits per heavy atom. The van der Waals surface area contributed by atoms with Crippen molar-refractivity contribution in [1.82, 2.24) is 0 Å². The number of hydrogen-bond acceptors (Lipinski definition) is 4. The van der Waals surface area contributed by atoms with Gasteiger partial charge in [0.2, 0.25) is 0 Å². The van der Waals surface area contributed by atoms with E-state index in [2.05, 4.69) is 15.9 Å². The number of unbranched alkanes of at least 4 members (excludes halogenated alkanes) is 1. The number of carbonyl (C=O) groups is 1. The van der Waals surface area contributed by atoms with Crippen molar-refractivity contribution in [3.8, 4) is 5.75 Å². The largest absolute Gasteiger partial charge is 0.487 e. The molecular weight excluding hydrogens is 318 g/mol. The van der Waals surface area contributed by atoms with Gasteiger partial charge in [-0.2, -0.15) is 0 Å². The highest BCUT2D eigenvalue weighted by Crippen LogP contribution is 2.34. The molecule has 19 heavy (non-hydrogen) atoms. The molecule has 0 saturated carbocycles. The first-order valence-corrected chi connectivity index (χ1v) is 6.50. The number of benzene rings is 1. The van der Waals surface area contributed by atoms with E-state index in [1.165, 1.54) is 6.07 Å². The van der Waals surface area contributed by atoms with Crippen molar-refractivity contribution in [1.29, 1.82) is 0 Å². The standard InChI is InChI=1S/C12H14BrNO5/c1-8-6-9(13)7-10(14(17)18)12(8)19-5-3-2-4-11(15)16/h6-7H,2-5H2,1H3,(H,15,16). The molecule has 0 aromatic heterocycles. The van der Waals surface area contributed by atoms with Crippen LogP contribution in [0.4, 0.5) is 5.69 Å². The summed E-state index contributed by atoms with van der Waals surface area (Å²) in [5, 5.41) is 19.4. The lowest BCUT2D eigenvalue weighted by Gasteiger charge is -2.09. The predicted octanol–water partition coefficient (Wildman–Crippen LogP) is 3.30. The van der Waals surface area contributed by atoms with Crippen LogP contribution in [0.1, 0.15) is 24.8 Å². The Morgan fingerprint density at radius 3 is 2.74 bits per heavy atom. The Hall–Kier alpha value is -1.63. The number of nitro benzene ring substituents is 1. The maximum Gasteiger partial charge on any atom is 0.312 e. The van der Waals surface area contributed by atoms with Gasteiger partial charge in [-0.05, 0) is 31.4 Å². The molecule has 7 heteroatoms. The number of rotatable bonds is 7. The first kappa shape index (κ1) is 15.4. The van der Waals surface area contributed by atoms with E-state index in [0.717, 1.165) is 0 Å². The summed E-state index contributed by atoms with van der Waals surface area (Å²) in [7, 11) is 0. The van der Waals surface area contributed by atoms with Crippen LogP contribution in [0.25, 0.3) is 0 Å². The van der Waals surface area contributed by atoms with Crippen LogP contribution in [0.3, 0.4) is 0 Å². The Labute approximate surface area is 118 Å². The highest BCUT2D eigenvalue weighted by Gasteiger charge is 2.18. The molecule has 0 heterocycles. The van der Waals surface area contributed by atoms with Crippen molar-refractivity contribution >= 4 is 27.6 Å². The number of nitro groups is 1. The van der Waals surface area contributed by atoms with Crippen molar-refractivity contribution in [3.05, 3.63) is 32.3 Å². The van der Waals surface area contributed by atoms with Crippen molar-refractivity contribution in [2.45, 2.75) is 26.2 Å². The molecule has 1 rings (SSSR count). The Balaban J connectivity index is 2.67. The van der Waals surface area contributed by atoms with E-state index in [1.807, 2.05) is 0 Å². The van der Waals surface area contributed by atoms with Crippen LogP contribution < -0.4 is 4.74 Å². The minimum atomic E-state index is -0.856. The molecule has 0 spiro atoms. The van der Waals surface area contributed by atoms with Crippen LogP contribution in [0, 0.1) is 17.0 Å². The first-order valence-electron chi connectivity index (χ1n) is 5.71. The molecular formula is C12H14BrNO5. The van der Waals surface area contributed by atoms with E-state index in [9.17, 15) is 14.9 Å². The molecule has 0 amide bonds. The Kier molecular flexibility index (Phi) is 5.75. The number of ether oxygens (including phenoxy) is 1. The summed E-state index contributed by atoms with van der Waals surface area (Å²) in [6.07, 6.45) is 1.10. The van der Waals surface area contributed by atoms with Gasteiger partial charge in [0.15, 0.2) is 5.75 Å². The van der Waals surface area contributed by atoms with E-state index in [-0.39, 0.29) is 24.5 Å². The van der Waals surface area contributed by atoms with Gasteiger partial charge >= 0.3 is 11.7 Å². The van der Waals surface area contributed by atoms with Crippen LogP contribution in [0.15, 0.2) is 16.6 Å². The highest BCUT2D eigenvalue weighted by molar-refractivity contribution is 9.10. The summed E-state index contributed by atoms with van der Waals surface area (Å²) in [6, 6.07) is 3.12. The molecule has 0 fully saturated rings. The third-order valence-corrected chi connectivity index (χ3v) is 2.91. The minimum absolute atomic E-state index is 0.0742. The molecule has 0 radical (unpaired) electrons. The zero-order chi connectivity index (χ0) is 14.4. The van der Waals surface area contributed by atoms with Gasteiger partial charge in [-0.25, -0.2) is 0 Å². The van der Waals surface area contributed by atoms with Gasteiger partial charge in [0, 0.05) is 17.0 Å². The lowest BCUT2D eigenvalue weighted by molar-refractivity contribution is -0.386. The van der Waals surface area contributed by atoms with Gasteiger partial charge < -0.3 is 9.84 Å². The van der Waals surface area contributed by atoms with Crippen molar-refractivity contribution < 1.29 is 19.6 Å². The fourth-order valence-corrected chi connectivity index (χ4v) is 2.15. The molecule has 0 aliphatic carbocycles. The van der Waals surface area contributed by atoms with Crippen molar-refractivity contribution in [2.24, 2.45) is 0 Å². The van der Waals surface area contributed by atoms with E-state index in [1.54, 1.807) is 13.0 Å². The average Bonchev–Trinajstić information content (AvgIpc) is 2.29. The van der Waals surface area contributed by atoms with Crippen LogP contribution >= 0.6 is 15.9 Å². The fraction of sp³-hybridized carbons (Fsp3) is 0.417. The predicted molar refractivity (Wildman–Crippen MR) is 72.5 cm³/mol. The maximum atomic E-state index is 10.9. The van der Waals surface area contributed by atoms with Crippen LogP contribution in [0.5, 0.6) is 5.75 Å². The smallest absolute Gasteiger partial charge is 0.312 e. The number of nitrogens with zero attached hydrogens (tertiary/aromatic N) is 1. The lowest BCUT2D eigenvalue weighted by atomic mass is 10.2. The van der Waals surface area contributed by atoms with Gasteiger partial charge in [-0.1, -0.05) is 15.9 Å². The second-order valence-electron chi connectivity index (χ2n) is 4.03. The van der Waals surface area contributed by atoms with Gasteiger partial charge in [0.05, 0.1) is 11.5 Å². The zero-order valence-corrected chi connectivity index (χ0v) is 12.0. The van der Waals surface area contributed by atoms with Gasteiger partial charge in [-0.3, -0.25) is 14.9 Å². The third kappa shape index (κ3) is 4.86. The summed E-state index contributed by atoms with van der Waals surface area (Å²) >= 11 is 3.20. The molecule has 0 aliphatic rings. The van der Waals surface area contributed by atoms with Crippen LogP contribution in [-0.2, 0) is 4.79 Å². The topological polar surface area (TPSA) is 89.7 Å². The molecule has 1 aromatic carbocycles.